The summed E-state index contributed by atoms with van der Waals surface area (Å²) in [5, 5.41) is 3.14. The number of halogens is 2. The molecule has 0 unspecified atom stereocenters. The molecule has 1 saturated heterocycles. The molecule has 1 aromatic carbocycles. The molecule has 2 aromatic heterocycles. The zero-order valence-corrected chi connectivity index (χ0v) is 22.6. The highest BCUT2D eigenvalue weighted by Crippen LogP contribution is 2.39. The van der Waals surface area contributed by atoms with E-state index in [0.717, 1.165) is 50.7 Å². The monoisotopic (exact) mass is 522 g/mol. The largest absolute Gasteiger partial charge is 0.486 e. The Hall–Kier alpha value is -3.33. The van der Waals surface area contributed by atoms with Crippen LogP contribution in [0.5, 0.6) is 5.75 Å². The van der Waals surface area contributed by atoms with Crippen LogP contribution in [-0.2, 0) is 6.42 Å². The Morgan fingerprint density at radius 2 is 1.87 bits per heavy atom. The van der Waals surface area contributed by atoms with E-state index in [4.69, 9.17) is 9.72 Å². The third kappa shape index (κ3) is 5.43. The smallest absolute Gasteiger partial charge is 0.229 e. The number of fused-ring (bicyclic) bond motifs is 1. The van der Waals surface area contributed by atoms with Crippen LogP contribution in [0.15, 0.2) is 30.5 Å². The molecule has 4 heterocycles. The van der Waals surface area contributed by atoms with E-state index in [1.165, 1.54) is 11.6 Å². The summed E-state index contributed by atoms with van der Waals surface area (Å²) in [4.78, 5) is 17.9. The molecule has 3 aromatic rings. The Balaban J connectivity index is 1.44. The van der Waals surface area contributed by atoms with E-state index in [0.29, 0.717) is 36.1 Å². The second kappa shape index (κ2) is 11.2. The van der Waals surface area contributed by atoms with Gasteiger partial charge in [0.2, 0.25) is 5.95 Å². The highest BCUT2D eigenvalue weighted by molar-refractivity contribution is 5.73. The van der Waals surface area contributed by atoms with Crippen molar-refractivity contribution < 1.29 is 13.5 Å². The maximum Gasteiger partial charge on any atom is 0.229 e. The first kappa shape index (κ1) is 26.3. The van der Waals surface area contributed by atoms with Crippen molar-refractivity contribution in [3.05, 3.63) is 53.4 Å². The topological polar surface area (TPSA) is 66.4 Å². The van der Waals surface area contributed by atoms with Crippen LogP contribution in [0, 0.1) is 11.6 Å². The Kier molecular flexibility index (Phi) is 7.74. The Labute approximate surface area is 223 Å². The summed E-state index contributed by atoms with van der Waals surface area (Å²) in [6, 6.07) is 7.24. The van der Waals surface area contributed by atoms with Crippen molar-refractivity contribution in [1.82, 2.24) is 19.9 Å². The molecule has 5 rings (SSSR count). The molecule has 9 heteroatoms. The molecule has 0 atom stereocenters. The second-order valence-corrected chi connectivity index (χ2v) is 10.5. The van der Waals surface area contributed by atoms with Crippen molar-refractivity contribution in [2.24, 2.45) is 0 Å². The molecule has 2 aliphatic rings. The van der Waals surface area contributed by atoms with Gasteiger partial charge in [0.1, 0.15) is 18.1 Å². The minimum atomic E-state index is -0.625. The van der Waals surface area contributed by atoms with Gasteiger partial charge < -0.3 is 19.9 Å². The number of nitrogens with one attached hydrogen (secondary N) is 1. The van der Waals surface area contributed by atoms with E-state index < -0.39 is 11.6 Å². The van der Waals surface area contributed by atoms with E-state index in [2.05, 4.69) is 45.1 Å². The SMILES string of the molecule is CCCc1nc(Nc2ncc(F)c(-c3cc(F)c4c(c3)N(C(C)C)CCO4)n2)ccc1C1CCN(C)CC1. The molecule has 38 heavy (non-hydrogen) atoms. The number of benzene rings is 1. The number of hydrogen-bond donors (Lipinski definition) is 1. The van der Waals surface area contributed by atoms with E-state index in [9.17, 15) is 4.39 Å². The van der Waals surface area contributed by atoms with Crippen LogP contribution >= 0.6 is 0 Å². The highest BCUT2D eigenvalue weighted by atomic mass is 19.1. The van der Waals surface area contributed by atoms with Gasteiger partial charge in [-0.1, -0.05) is 19.4 Å². The average molecular weight is 523 g/mol. The summed E-state index contributed by atoms with van der Waals surface area (Å²) in [6.07, 6.45) is 5.24. The molecule has 0 amide bonds. The molecule has 7 nitrogen and oxygen atoms in total. The number of nitrogens with zero attached hydrogens (tertiary/aromatic N) is 5. The van der Waals surface area contributed by atoms with Gasteiger partial charge >= 0.3 is 0 Å². The second-order valence-electron chi connectivity index (χ2n) is 10.5. The van der Waals surface area contributed by atoms with E-state index in [1.807, 2.05) is 19.9 Å². The number of anilines is 3. The Morgan fingerprint density at radius 3 is 2.61 bits per heavy atom. The van der Waals surface area contributed by atoms with Crippen LogP contribution in [-0.4, -0.2) is 59.2 Å². The molecular formula is C29H36F2N6O. The van der Waals surface area contributed by atoms with Gasteiger partial charge in [0.05, 0.1) is 18.4 Å². The number of pyridine rings is 1. The number of piperidine rings is 1. The first-order valence-corrected chi connectivity index (χ1v) is 13.5. The molecule has 0 aliphatic carbocycles. The van der Waals surface area contributed by atoms with Crippen LogP contribution in [0.2, 0.25) is 0 Å². The fourth-order valence-electron chi connectivity index (χ4n) is 5.43. The molecule has 0 bridgehead atoms. The van der Waals surface area contributed by atoms with Crippen LogP contribution < -0.4 is 15.0 Å². The van der Waals surface area contributed by atoms with E-state index in [-0.39, 0.29) is 23.4 Å². The van der Waals surface area contributed by atoms with Crippen molar-refractivity contribution in [3.8, 4) is 17.0 Å². The summed E-state index contributed by atoms with van der Waals surface area (Å²) in [7, 11) is 2.16. The predicted octanol–water partition coefficient (Wildman–Crippen LogP) is 5.93. The van der Waals surface area contributed by atoms with Gasteiger partial charge in [0.25, 0.3) is 0 Å². The molecule has 0 radical (unpaired) electrons. The lowest BCUT2D eigenvalue weighted by atomic mass is 9.87. The summed E-state index contributed by atoms with van der Waals surface area (Å²) >= 11 is 0. The van der Waals surface area contributed by atoms with Crippen LogP contribution in [0.3, 0.4) is 0 Å². The van der Waals surface area contributed by atoms with Gasteiger partial charge in [-0.3, -0.25) is 0 Å². The molecular weight excluding hydrogens is 486 g/mol. The summed E-state index contributed by atoms with van der Waals surface area (Å²) in [5.74, 6) is 0.359. The first-order valence-electron chi connectivity index (χ1n) is 13.5. The average Bonchev–Trinajstić information content (AvgIpc) is 2.90. The van der Waals surface area contributed by atoms with Crippen LogP contribution in [0.25, 0.3) is 11.3 Å². The fourth-order valence-corrected chi connectivity index (χ4v) is 5.43. The van der Waals surface area contributed by atoms with Gasteiger partial charge in [-0.05, 0) is 82.9 Å². The van der Waals surface area contributed by atoms with Crippen molar-refractivity contribution >= 4 is 17.5 Å². The number of likely N-dealkylation sites (tertiary alicyclic amines) is 1. The van der Waals surface area contributed by atoms with Gasteiger partial charge in [-0.25, -0.2) is 23.7 Å². The number of aryl methyl sites for hydroxylation is 1. The standard InChI is InChI=1S/C29H36F2N6O/c1-5-6-24-21(19-9-11-36(4)12-10-19)7-8-26(33-24)34-29-32-17-23(31)27(35-29)20-15-22(30)28-25(16-20)37(18(2)3)13-14-38-28/h7-8,15-19H,5-6,9-14H2,1-4H3,(H,32,33,34,35). The zero-order chi connectivity index (χ0) is 26.8. The molecule has 0 spiro atoms. The van der Waals surface area contributed by atoms with Gasteiger partial charge in [0, 0.05) is 17.3 Å². The minimum Gasteiger partial charge on any atom is -0.486 e. The molecule has 202 valence electrons. The normalized spacial score (nSPS) is 16.4. The van der Waals surface area contributed by atoms with Crippen molar-refractivity contribution in [3.63, 3.8) is 0 Å². The molecule has 1 fully saturated rings. The van der Waals surface area contributed by atoms with Gasteiger partial charge in [-0.2, -0.15) is 0 Å². The highest BCUT2D eigenvalue weighted by Gasteiger charge is 2.26. The maximum atomic E-state index is 15.0. The predicted molar refractivity (Wildman–Crippen MR) is 146 cm³/mol. The lowest BCUT2D eigenvalue weighted by Crippen LogP contribution is -2.38. The molecule has 0 saturated carbocycles. The Morgan fingerprint density at radius 1 is 1.08 bits per heavy atom. The van der Waals surface area contributed by atoms with Crippen molar-refractivity contribution in [2.45, 2.75) is 58.4 Å². The summed E-state index contributed by atoms with van der Waals surface area (Å²) in [6.45, 7) is 9.43. The van der Waals surface area contributed by atoms with E-state index >= 15 is 4.39 Å². The first-order chi connectivity index (χ1) is 18.3. The van der Waals surface area contributed by atoms with Crippen molar-refractivity contribution in [1.29, 1.82) is 0 Å². The van der Waals surface area contributed by atoms with Gasteiger partial charge in [-0.15, -0.1) is 0 Å². The molecule has 2 aliphatic heterocycles. The van der Waals surface area contributed by atoms with Crippen molar-refractivity contribution in [2.75, 3.05) is 43.5 Å². The lowest BCUT2D eigenvalue weighted by Gasteiger charge is -2.34. The number of rotatable bonds is 7. The quantitative estimate of drug-likeness (QED) is 0.413. The zero-order valence-electron chi connectivity index (χ0n) is 22.6. The molecule has 1 N–H and O–H groups in total. The number of aromatic nitrogens is 3. The number of hydrogen-bond acceptors (Lipinski definition) is 7. The maximum absolute atomic E-state index is 15.0. The van der Waals surface area contributed by atoms with Crippen LogP contribution in [0.1, 0.15) is 57.2 Å². The summed E-state index contributed by atoms with van der Waals surface area (Å²) in [5.41, 5.74) is 3.35. The third-order valence-corrected chi connectivity index (χ3v) is 7.45. The van der Waals surface area contributed by atoms with E-state index in [1.54, 1.807) is 6.07 Å². The fraction of sp³-hybridized carbons (Fsp3) is 0.483. The van der Waals surface area contributed by atoms with Crippen LogP contribution in [0.4, 0.5) is 26.2 Å². The van der Waals surface area contributed by atoms with Gasteiger partial charge in [0.15, 0.2) is 17.4 Å². The Bertz CT molecular complexity index is 1290. The minimum absolute atomic E-state index is 0.0233. The third-order valence-electron chi connectivity index (χ3n) is 7.45. The summed E-state index contributed by atoms with van der Waals surface area (Å²) < 4.78 is 35.5. The lowest BCUT2D eigenvalue weighted by molar-refractivity contribution is 0.254. The number of ether oxygens (including phenoxy) is 1.